The van der Waals surface area contributed by atoms with Gasteiger partial charge >= 0.3 is 0 Å². The average molecular weight is 384 g/mol. The Hall–Kier alpha value is -1.71. The molecule has 3 aliphatic carbocycles. The van der Waals surface area contributed by atoms with Crippen LogP contribution < -0.4 is 4.74 Å². The molecule has 2 bridgehead atoms. The molecule has 4 nitrogen and oxygen atoms in total. The quantitative estimate of drug-likeness (QED) is 0.797. The van der Waals surface area contributed by atoms with Gasteiger partial charge in [0.1, 0.15) is 17.1 Å². The van der Waals surface area contributed by atoms with E-state index in [9.17, 15) is 9.90 Å². The molecule has 4 heteroatoms. The molecular formula is C24H33NO3. The second-order valence-electron chi connectivity index (χ2n) is 9.75. The Morgan fingerprint density at radius 2 is 1.82 bits per heavy atom. The van der Waals surface area contributed by atoms with Gasteiger partial charge < -0.3 is 14.7 Å². The van der Waals surface area contributed by atoms with Crippen molar-refractivity contribution in [1.82, 2.24) is 4.90 Å². The number of phenolic OH excluding ortho intramolecular Hbond substituents is 1. The molecule has 1 atom stereocenters. The van der Waals surface area contributed by atoms with Crippen LogP contribution in [0.1, 0.15) is 99.7 Å². The van der Waals surface area contributed by atoms with Gasteiger partial charge in [0.15, 0.2) is 0 Å². The van der Waals surface area contributed by atoms with E-state index in [1.807, 2.05) is 11.0 Å². The van der Waals surface area contributed by atoms with E-state index in [0.717, 1.165) is 50.9 Å². The molecule has 1 amide bonds. The number of benzene rings is 1. The molecule has 2 fully saturated rings. The lowest BCUT2D eigenvalue weighted by Gasteiger charge is -2.44. The molecule has 1 saturated carbocycles. The van der Waals surface area contributed by atoms with Crippen LogP contribution in [-0.2, 0) is 11.2 Å². The van der Waals surface area contributed by atoms with Gasteiger partial charge in [-0.25, -0.2) is 0 Å². The fraction of sp³-hybridized carbons (Fsp3) is 0.708. The zero-order valence-corrected chi connectivity index (χ0v) is 17.1. The van der Waals surface area contributed by atoms with E-state index < -0.39 is 0 Å². The number of likely N-dealkylation sites (tertiary alicyclic amines) is 1. The van der Waals surface area contributed by atoms with Crippen molar-refractivity contribution in [3.63, 3.8) is 0 Å². The van der Waals surface area contributed by atoms with Gasteiger partial charge in [0.05, 0.1) is 0 Å². The smallest absolute Gasteiger partial charge is 0.222 e. The van der Waals surface area contributed by atoms with Crippen LogP contribution in [-0.4, -0.2) is 34.6 Å². The lowest BCUT2D eigenvalue weighted by Crippen LogP contribution is -2.41. The highest BCUT2D eigenvalue weighted by atomic mass is 16.5. The summed E-state index contributed by atoms with van der Waals surface area (Å²) in [5.41, 5.74) is 3.38. The molecule has 0 radical (unpaired) electrons. The van der Waals surface area contributed by atoms with Crippen molar-refractivity contribution in [2.45, 2.75) is 95.0 Å². The number of amides is 1. The molecule has 1 aromatic rings. The fourth-order valence-corrected chi connectivity index (χ4v) is 6.10. The number of piperidine rings is 1. The van der Waals surface area contributed by atoms with E-state index in [1.165, 1.54) is 48.8 Å². The minimum Gasteiger partial charge on any atom is -0.508 e. The normalized spacial score (nSPS) is 31.1. The summed E-state index contributed by atoms with van der Waals surface area (Å²) in [5, 5.41) is 10.7. The zero-order valence-electron chi connectivity index (χ0n) is 17.1. The van der Waals surface area contributed by atoms with Crippen molar-refractivity contribution in [3.05, 3.63) is 22.8 Å². The van der Waals surface area contributed by atoms with Crippen molar-refractivity contribution >= 4 is 5.91 Å². The Bertz CT molecular complexity index is 775. The number of rotatable bonds is 3. The lowest BCUT2D eigenvalue weighted by atomic mass is 9.65. The molecule has 1 N–H and O–H groups in total. The second kappa shape index (κ2) is 6.96. The number of hydrogen-bond acceptors (Lipinski definition) is 3. The summed E-state index contributed by atoms with van der Waals surface area (Å²) in [6.07, 6.45) is 11.6. The van der Waals surface area contributed by atoms with E-state index >= 15 is 0 Å². The maximum Gasteiger partial charge on any atom is 0.222 e. The van der Waals surface area contributed by atoms with Crippen LogP contribution in [0.2, 0.25) is 0 Å². The number of phenols is 1. The van der Waals surface area contributed by atoms with Crippen LogP contribution in [0.3, 0.4) is 0 Å². The largest absolute Gasteiger partial charge is 0.508 e. The third-order valence-corrected chi connectivity index (χ3v) is 7.81. The molecule has 6 rings (SSSR count). The first kappa shape index (κ1) is 18.3. The Morgan fingerprint density at radius 3 is 2.54 bits per heavy atom. The molecule has 2 aliphatic heterocycles. The Morgan fingerprint density at radius 1 is 1.14 bits per heavy atom. The molecule has 5 aliphatic rings. The zero-order chi connectivity index (χ0) is 19.3. The number of nitrogens with zero attached hydrogens (tertiary/aromatic N) is 1. The van der Waals surface area contributed by atoms with Crippen molar-refractivity contribution in [2.24, 2.45) is 0 Å². The van der Waals surface area contributed by atoms with Crippen LogP contribution in [0.15, 0.2) is 6.07 Å². The second-order valence-corrected chi connectivity index (χ2v) is 9.75. The van der Waals surface area contributed by atoms with E-state index in [-0.39, 0.29) is 5.60 Å². The van der Waals surface area contributed by atoms with Gasteiger partial charge in [0.25, 0.3) is 0 Å². The van der Waals surface area contributed by atoms with Gasteiger partial charge in [-0.05, 0) is 94.6 Å². The van der Waals surface area contributed by atoms with Crippen molar-refractivity contribution in [2.75, 3.05) is 13.1 Å². The van der Waals surface area contributed by atoms with Gasteiger partial charge in [-0.2, -0.15) is 0 Å². The van der Waals surface area contributed by atoms with Crippen molar-refractivity contribution < 1.29 is 14.6 Å². The predicted molar refractivity (Wildman–Crippen MR) is 109 cm³/mol. The lowest BCUT2D eigenvalue weighted by molar-refractivity contribution is -0.133. The number of fused-ring (bicyclic) bond motifs is 3. The summed E-state index contributed by atoms with van der Waals surface area (Å²) >= 11 is 0. The molecule has 152 valence electrons. The van der Waals surface area contributed by atoms with Gasteiger partial charge in [-0.1, -0.05) is 0 Å². The molecule has 1 saturated heterocycles. The van der Waals surface area contributed by atoms with Gasteiger partial charge in [-0.3, -0.25) is 4.79 Å². The summed E-state index contributed by atoms with van der Waals surface area (Å²) in [6, 6.07) is 1.97. The summed E-state index contributed by atoms with van der Waals surface area (Å²) < 4.78 is 6.68. The Labute approximate surface area is 168 Å². The van der Waals surface area contributed by atoms with E-state index in [2.05, 4.69) is 6.92 Å². The standard InChI is InChI=1S/C24H33NO3/c1-24(12-10-20(27)25-13-3-2-4-14-25)11-9-18-15-19(26)21-16-5-7-17(8-6-16)22(21)23(18)28-24/h15-17,26H,2-14H2,1H3. The molecule has 0 spiro atoms. The SMILES string of the molecule is CC1(CCC(=O)N2CCCCC2)CCc2cc(O)c3c(c2O1)C1CCC3CC1. The predicted octanol–water partition coefficient (Wildman–Crippen LogP) is 5.02. The first-order valence-corrected chi connectivity index (χ1v) is 11.4. The average Bonchev–Trinajstić information content (AvgIpc) is 2.74. The van der Waals surface area contributed by atoms with Gasteiger partial charge in [0, 0.05) is 30.6 Å². The molecular weight excluding hydrogens is 350 g/mol. The Balaban J connectivity index is 1.36. The van der Waals surface area contributed by atoms with Crippen LogP contribution in [0, 0.1) is 0 Å². The number of carbonyl (C=O) groups is 1. The fourth-order valence-electron chi connectivity index (χ4n) is 6.10. The summed E-state index contributed by atoms with van der Waals surface area (Å²) in [6.45, 7) is 4.03. The molecule has 0 aromatic heterocycles. The highest BCUT2D eigenvalue weighted by Gasteiger charge is 2.42. The third kappa shape index (κ3) is 3.09. The highest BCUT2D eigenvalue weighted by Crippen LogP contribution is 2.57. The van der Waals surface area contributed by atoms with Gasteiger partial charge in [0.2, 0.25) is 5.91 Å². The topological polar surface area (TPSA) is 49.8 Å². The highest BCUT2D eigenvalue weighted by molar-refractivity contribution is 5.76. The van der Waals surface area contributed by atoms with Gasteiger partial charge in [-0.15, -0.1) is 0 Å². The third-order valence-electron chi connectivity index (χ3n) is 7.81. The first-order valence-electron chi connectivity index (χ1n) is 11.4. The van der Waals surface area contributed by atoms with Crippen LogP contribution in [0.5, 0.6) is 11.5 Å². The Kier molecular flexibility index (Phi) is 4.56. The van der Waals surface area contributed by atoms with Crippen molar-refractivity contribution in [3.8, 4) is 11.5 Å². The monoisotopic (exact) mass is 383 g/mol. The maximum absolute atomic E-state index is 12.6. The number of ether oxygens (including phenoxy) is 1. The van der Waals surface area contributed by atoms with E-state index in [1.54, 1.807) is 0 Å². The summed E-state index contributed by atoms with van der Waals surface area (Å²) in [5.74, 6) is 2.89. The number of aromatic hydroxyl groups is 1. The first-order chi connectivity index (χ1) is 13.5. The molecule has 1 unspecified atom stereocenters. The summed E-state index contributed by atoms with van der Waals surface area (Å²) in [4.78, 5) is 14.7. The summed E-state index contributed by atoms with van der Waals surface area (Å²) in [7, 11) is 0. The minimum atomic E-state index is -0.278. The molecule has 1 aromatic carbocycles. The van der Waals surface area contributed by atoms with Crippen LogP contribution in [0.4, 0.5) is 0 Å². The molecule has 2 heterocycles. The maximum atomic E-state index is 12.6. The van der Waals surface area contributed by atoms with Crippen molar-refractivity contribution in [1.29, 1.82) is 0 Å². The van der Waals surface area contributed by atoms with Crippen LogP contribution >= 0.6 is 0 Å². The van der Waals surface area contributed by atoms with E-state index in [4.69, 9.17) is 4.74 Å². The molecule has 28 heavy (non-hydrogen) atoms. The number of carbonyl (C=O) groups excluding carboxylic acids is 1. The number of hydrogen-bond donors (Lipinski definition) is 1. The van der Waals surface area contributed by atoms with E-state index in [0.29, 0.717) is 29.9 Å². The number of aryl methyl sites for hydroxylation is 1. The van der Waals surface area contributed by atoms with Crippen LogP contribution in [0.25, 0.3) is 0 Å². The minimum absolute atomic E-state index is 0.278.